The average Bonchev–Trinajstić information content (AvgIpc) is 2.37. The fraction of sp³-hybridized carbons (Fsp3) is 0.600. The molecule has 0 bridgehead atoms. The molecule has 0 radical (unpaired) electrons. The van der Waals surface area contributed by atoms with E-state index in [1.165, 1.54) is 0 Å². The van der Waals surface area contributed by atoms with Crippen LogP contribution in [-0.2, 0) is 6.42 Å². The van der Waals surface area contributed by atoms with Gasteiger partial charge in [-0.25, -0.2) is 4.39 Å². The number of benzene rings is 1. The van der Waals surface area contributed by atoms with Gasteiger partial charge >= 0.3 is 6.36 Å². The number of hydrogen-bond acceptors (Lipinski definition) is 1. The zero-order valence-electron chi connectivity index (χ0n) is 12.0. The first-order valence-electron chi connectivity index (χ1n) is 6.73. The molecule has 1 nitrogen and oxygen atoms in total. The molecule has 0 N–H and O–H groups in total. The molecule has 114 valence electrons. The van der Waals surface area contributed by atoms with Crippen LogP contribution in [0, 0.1) is 11.2 Å². The summed E-state index contributed by atoms with van der Waals surface area (Å²) in [6, 6.07) is 3.14. The van der Waals surface area contributed by atoms with Gasteiger partial charge in [-0.05, 0) is 42.0 Å². The van der Waals surface area contributed by atoms with Crippen molar-refractivity contribution in [1.29, 1.82) is 0 Å². The maximum Gasteiger partial charge on any atom is 0.573 e. The minimum Gasteiger partial charge on any atom is -0.406 e. The monoisotopic (exact) mass is 292 g/mol. The largest absolute Gasteiger partial charge is 0.573 e. The van der Waals surface area contributed by atoms with Crippen LogP contribution >= 0.6 is 0 Å². The fourth-order valence-corrected chi connectivity index (χ4v) is 1.98. The highest BCUT2D eigenvalue weighted by atomic mass is 19.4. The normalized spacial score (nSPS) is 12.6. The Labute approximate surface area is 116 Å². The van der Waals surface area contributed by atoms with Crippen LogP contribution in [0.4, 0.5) is 17.6 Å². The summed E-state index contributed by atoms with van der Waals surface area (Å²) in [6.45, 7) is 6.22. The lowest BCUT2D eigenvalue weighted by Gasteiger charge is -2.26. The maximum absolute atomic E-state index is 13.6. The summed E-state index contributed by atoms with van der Waals surface area (Å²) in [7, 11) is 0. The number of aryl methyl sites for hydroxylation is 1. The van der Waals surface area contributed by atoms with Gasteiger partial charge in [-0.15, -0.1) is 13.2 Å². The van der Waals surface area contributed by atoms with E-state index in [9.17, 15) is 17.6 Å². The molecule has 20 heavy (non-hydrogen) atoms. The second-order valence-electron chi connectivity index (χ2n) is 5.32. The summed E-state index contributed by atoms with van der Waals surface area (Å²) in [4.78, 5) is 0. The van der Waals surface area contributed by atoms with E-state index in [1.54, 1.807) is 0 Å². The molecule has 0 aliphatic rings. The molecule has 1 aromatic carbocycles. The molecular formula is C15H20F4O. The first kappa shape index (κ1) is 16.8. The Balaban J connectivity index is 2.82. The second-order valence-corrected chi connectivity index (χ2v) is 5.32. The first-order chi connectivity index (χ1) is 9.19. The zero-order chi connectivity index (χ0) is 15.4. The van der Waals surface area contributed by atoms with Gasteiger partial charge in [0.2, 0.25) is 0 Å². The molecule has 0 heterocycles. The van der Waals surface area contributed by atoms with Crippen LogP contribution in [0.1, 0.15) is 45.6 Å². The number of hydrogen-bond donors (Lipinski definition) is 0. The van der Waals surface area contributed by atoms with Crippen molar-refractivity contribution in [2.45, 2.75) is 52.8 Å². The minimum atomic E-state index is -4.75. The van der Waals surface area contributed by atoms with Crippen molar-refractivity contribution in [3.63, 3.8) is 0 Å². The van der Waals surface area contributed by atoms with Gasteiger partial charge in [0.05, 0.1) is 0 Å². The van der Waals surface area contributed by atoms with Gasteiger partial charge in [-0.3, -0.25) is 0 Å². The highest BCUT2D eigenvalue weighted by Gasteiger charge is 2.31. The predicted octanol–water partition coefficient (Wildman–Crippen LogP) is 5.48. The predicted molar refractivity (Wildman–Crippen MR) is 70.1 cm³/mol. The van der Waals surface area contributed by atoms with Crippen molar-refractivity contribution in [3.05, 3.63) is 29.6 Å². The lowest BCUT2D eigenvalue weighted by Crippen LogP contribution is -2.18. The van der Waals surface area contributed by atoms with E-state index in [0.29, 0.717) is 6.42 Å². The Morgan fingerprint density at radius 1 is 1.10 bits per heavy atom. The van der Waals surface area contributed by atoms with Crippen molar-refractivity contribution in [2.24, 2.45) is 5.41 Å². The molecule has 0 saturated heterocycles. The summed E-state index contributed by atoms with van der Waals surface area (Å²) in [6.07, 6.45) is -1.73. The van der Waals surface area contributed by atoms with Gasteiger partial charge in [-0.1, -0.05) is 33.6 Å². The van der Waals surface area contributed by atoms with Crippen LogP contribution in [-0.4, -0.2) is 6.36 Å². The lowest BCUT2D eigenvalue weighted by atomic mass is 9.79. The third-order valence-corrected chi connectivity index (χ3v) is 3.96. The molecule has 1 rings (SSSR count). The van der Waals surface area contributed by atoms with Crippen LogP contribution in [0.3, 0.4) is 0 Å². The third-order valence-electron chi connectivity index (χ3n) is 3.96. The smallest absolute Gasteiger partial charge is 0.406 e. The maximum atomic E-state index is 13.6. The Morgan fingerprint density at radius 3 is 2.20 bits per heavy atom. The molecule has 0 aromatic heterocycles. The molecule has 0 atom stereocenters. The van der Waals surface area contributed by atoms with Crippen molar-refractivity contribution >= 4 is 0 Å². The highest BCUT2D eigenvalue weighted by Crippen LogP contribution is 2.32. The molecule has 5 heteroatoms. The standard InChI is InChI=1S/C15H20F4O/c1-4-14(3,5-2)9-8-11-10-12(6-7-13(11)16)20-15(17,18)19/h6-7,10H,4-5,8-9H2,1-3H3. The van der Waals surface area contributed by atoms with Crippen LogP contribution in [0.15, 0.2) is 18.2 Å². The van der Waals surface area contributed by atoms with Gasteiger partial charge < -0.3 is 4.74 Å². The van der Waals surface area contributed by atoms with Crippen LogP contribution < -0.4 is 4.74 Å². The number of rotatable bonds is 6. The summed E-state index contributed by atoms with van der Waals surface area (Å²) < 4.78 is 53.9. The Hall–Kier alpha value is -1.26. The fourth-order valence-electron chi connectivity index (χ4n) is 1.98. The summed E-state index contributed by atoms with van der Waals surface area (Å²) in [5.41, 5.74) is 0.340. The number of ether oxygens (including phenoxy) is 1. The molecule has 0 saturated carbocycles. The Bertz CT molecular complexity index is 436. The van der Waals surface area contributed by atoms with E-state index >= 15 is 0 Å². The van der Waals surface area contributed by atoms with Crippen molar-refractivity contribution < 1.29 is 22.3 Å². The van der Waals surface area contributed by atoms with E-state index in [1.807, 2.05) is 0 Å². The minimum absolute atomic E-state index is 0.0767. The van der Waals surface area contributed by atoms with E-state index in [2.05, 4.69) is 25.5 Å². The molecule has 1 aromatic rings. The van der Waals surface area contributed by atoms with Crippen LogP contribution in [0.25, 0.3) is 0 Å². The van der Waals surface area contributed by atoms with Gasteiger partial charge in [-0.2, -0.15) is 0 Å². The van der Waals surface area contributed by atoms with E-state index in [4.69, 9.17) is 0 Å². The summed E-state index contributed by atoms with van der Waals surface area (Å²) in [5, 5.41) is 0. The lowest BCUT2D eigenvalue weighted by molar-refractivity contribution is -0.274. The molecule has 0 aliphatic heterocycles. The number of halogens is 4. The summed E-state index contributed by atoms with van der Waals surface area (Å²) in [5.74, 6) is -0.863. The van der Waals surface area contributed by atoms with Crippen LogP contribution in [0.5, 0.6) is 5.75 Å². The molecule has 0 aliphatic carbocycles. The first-order valence-corrected chi connectivity index (χ1v) is 6.73. The molecule has 0 amide bonds. The van der Waals surface area contributed by atoms with Crippen molar-refractivity contribution in [1.82, 2.24) is 0 Å². The van der Waals surface area contributed by atoms with E-state index in [-0.39, 0.29) is 16.7 Å². The second kappa shape index (κ2) is 6.46. The quantitative estimate of drug-likeness (QED) is 0.630. The van der Waals surface area contributed by atoms with E-state index in [0.717, 1.165) is 37.5 Å². The Kier molecular flexibility index (Phi) is 5.42. The van der Waals surface area contributed by atoms with Gasteiger partial charge in [0.15, 0.2) is 0 Å². The zero-order valence-corrected chi connectivity index (χ0v) is 12.0. The van der Waals surface area contributed by atoms with Crippen molar-refractivity contribution in [3.8, 4) is 5.75 Å². The molecule has 0 fully saturated rings. The molecule has 0 unspecified atom stereocenters. The highest BCUT2D eigenvalue weighted by molar-refractivity contribution is 5.30. The number of alkyl halides is 3. The van der Waals surface area contributed by atoms with Gasteiger partial charge in [0.25, 0.3) is 0 Å². The van der Waals surface area contributed by atoms with E-state index < -0.39 is 12.2 Å². The van der Waals surface area contributed by atoms with Gasteiger partial charge in [0.1, 0.15) is 11.6 Å². The Morgan fingerprint density at radius 2 is 1.70 bits per heavy atom. The SMILES string of the molecule is CCC(C)(CC)CCc1cc(OC(F)(F)F)ccc1F. The van der Waals surface area contributed by atoms with Gasteiger partial charge in [0, 0.05) is 0 Å². The topological polar surface area (TPSA) is 9.23 Å². The van der Waals surface area contributed by atoms with Crippen LogP contribution in [0.2, 0.25) is 0 Å². The molecule has 0 spiro atoms. The average molecular weight is 292 g/mol. The van der Waals surface area contributed by atoms with Crippen molar-refractivity contribution in [2.75, 3.05) is 0 Å². The molecular weight excluding hydrogens is 272 g/mol. The summed E-state index contributed by atoms with van der Waals surface area (Å²) >= 11 is 0. The third kappa shape index (κ3) is 5.02.